The summed E-state index contributed by atoms with van der Waals surface area (Å²) in [6, 6.07) is 6.52. The van der Waals surface area contributed by atoms with Crippen molar-refractivity contribution >= 4 is 23.4 Å². The lowest BCUT2D eigenvalue weighted by atomic mass is 9.65. The van der Waals surface area contributed by atoms with Gasteiger partial charge in [0.05, 0.1) is 11.3 Å². The molecule has 3 rings (SSSR count). The number of benzene rings is 1. The highest BCUT2D eigenvalue weighted by molar-refractivity contribution is 6.40. The predicted molar refractivity (Wildman–Crippen MR) is 94.8 cm³/mol. The molecule has 1 aromatic rings. The molecular weight excluding hydrogens is 318 g/mol. The highest BCUT2D eigenvalue weighted by Gasteiger charge is 2.51. The van der Waals surface area contributed by atoms with Crippen molar-refractivity contribution in [3.05, 3.63) is 29.8 Å². The molecule has 2 unspecified atom stereocenters. The van der Waals surface area contributed by atoms with Crippen LogP contribution in [-0.2, 0) is 9.59 Å². The first kappa shape index (κ1) is 17.5. The fourth-order valence-corrected chi connectivity index (χ4v) is 4.81. The largest absolute Gasteiger partial charge is 0.366 e. The summed E-state index contributed by atoms with van der Waals surface area (Å²) < 4.78 is 0. The number of amides is 3. The monoisotopic (exact) mass is 343 g/mol. The fraction of sp³-hybridized carbons (Fsp3) is 0.526. The number of rotatable bonds is 2. The number of carbonyl (C=O) groups excluding carboxylic acids is 3. The number of nitrogens with zero attached hydrogens (tertiary/aromatic N) is 1. The summed E-state index contributed by atoms with van der Waals surface area (Å²) in [5.74, 6) is -1.90. The van der Waals surface area contributed by atoms with Crippen molar-refractivity contribution in [3.63, 3.8) is 0 Å². The molecule has 1 saturated heterocycles. The van der Waals surface area contributed by atoms with E-state index in [1.807, 2.05) is 0 Å². The number of likely N-dealkylation sites (tertiary alicyclic amines) is 1. The van der Waals surface area contributed by atoms with Crippen LogP contribution in [0.2, 0.25) is 0 Å². The maximum atomic E-state index is 12.7. The maximum Gasteiger partial charge on any atom is 0.313 e. The Balaban J connectivity index is 1.76. The third kappa shape index (κ3) is 3.38. The van der Waals surface area contributed by atoms with Gasteiger partial charge in [-0.05, 0) is 42.2 Å². The zero-order chi connectivity index (χ0) is 18.4. The van der Waals surface area contributed by atoms with Gasteiger partial charge in [0, 0.05) is 12.6 Å². The zero-order valence-corrected chi connectivity index (χ0v) is 15.0. The van der Waals surface area contributed by atoms with E-state index in [2.05, 4.69) is 26.1 Å². The van der Waals surface area contributed by atoms with E-state index < -0.39 is 17.7 Å². The topological polar surface area (TPSA) is 92.5 Å². The van der Waals surface area contributed by atoms with Crippen LogP contribution in [0, 0.1) is 10.8 Å². The van der Waals surface area contributed by atoms with E-state index in [1.165, 1.54) is 6.07 Å². The first-order valence-corrected chi connectivity index (χ1v) is 8.61. The number of hydrogen-bond donors (Lipinski definition) is 2. The third-order valence-electron chi connectivity index (χ3n) is 5.31. The SMILES string of the molecule is CC1(C)CC2CC(C)(CN2C(=O)C(=O)Nc2ccccc2C(N)=O)C1. The van der Waals surface area contributed by atoms with Crippen molar-refractivity contribution in [2.45, 2.75) is 46.1 Å². The molecule has 1 heterocycles. The van der Waals surface area contributed by atoms with E-state index in [1.54, 1.807) is 23.1 Å². The van der Waals surface area contributed by atoms with Crippen LogP contribution in [0.25, 0.3) is 0 Å². The molecule has 2 atom stereocenters. The number of nitrogens with one attached hydrogen (secondary N) is 1. The Morgan fingerprint density at radius 1 is 1.16 bits per heavy atom. The molecule has 2 aliphatic rings. The number of hydrogen-bond acceptors (Lipinski definition) is 3. The Labute approximate surface area is 147 Å². The molecular formula is C19H25N3O3. The van der Waals surface area contributed by atoms with E-state index in [0.717, 1.165) is 19.3 Å². The molecule has 1 aliphatic heterocycles. The summed E-state index contributed by atoms with van der Waals surface area (Å²) in [5, 5.41) is 2.55. The summed E-state index contributed by atoms with van der Waals surface area (Å²) >= 11 is 0. The van der Waals surface area contributed by atoms with Gasteiger partial charge in [-0.1, -0.05) is 32.9 Å². The second-order valence-electron chi connectivity index (χ2n) is 8.51. The number of fused-ring (bicyclic) bond motifs is 2. The minimum absolute atomic E-state index is 0.0630. The summed E-state index contributed by atoms with van der Waals surface area (Å²) in [4.78, 5) is 38.4. The molecule has 0 spiro atoms. The molecule has 6 nitrogen and oxygen atoms in total. The summed E-state index contributed by atoms with van der Waals surface area (Å²) in [7, 11) is 0. The van der Waals surface area contributed by atoms with Gasteiger partial charge in [-0.3, -0.25) is 14.4 Å². The second kappa shape index (κ2) is 5.86. The molecule has 1 saturated carbocycles. The fourth-order valence-electron chi connectivity index (χ4n) is 4.81. The summed E-state index contributed by atoms with van der Waals surface area (Å²) in [5.41, 5.74) is 6.01. The van der Waals surface area contributed by atoms with Crippen LogP contribution >= 0.6 is 0 Å². The van der Waals surface area contributed by atoms with E-state index in [0.29, 0.717) is 6.54 Å². The van der Waals surface area contributed by atoms with Gasteiger partial charge in [-0.25, -0.2) is 0 Å². The number of nitrogens with two attached hydrogens (primary N) is 1. The van der Waals surface area contributed by atoms with Gasteiger partial charge in [0.1, 0.15) is 0 Å². The average Bonchev–Trinajstić information content (AvgIpc) is 2.75. The Hall–Kier alpha value is -2.37. The Morgan fingerprint density at radius 2 is 1.84 bits per heavy atom. The molecule has 2 bridgehead atoms. The number of anilines is 1. The molecule has 134 valence electrons. The summed E-state index contributed by atoms with van der Waals surface area (Å²) in [6.45, 7) is 7.22. The Morgan fingerprint density at radius 3 is 2.52 bits per heavy atom. The average molecular weight is 343 g/mol. The normalized spacial score (nSPS) is 27.0. The second-order valence-corrected chi connectivity index (χ2v) is 8.51. The first-order valence-electron chi connectivity index (χ1n) is 8.61. The first-order chi connectivity index (χ1) is 11.6. The lowest BCUT2D eigenvalue weighted by Gasteiger charge is -2.39. The van der Waals surface area contributed by atoms with E-state index >= 15 is 0 Å². The molecule has 1 aromatic carbocycles. The van der Waals surface area contributed by atoms with Gasteiger partial charge in [0.25, 0.3) is 5.91 Å². The van der Waals surface area contributed by atoms with Crippen LogP contribution in [0.5, 0.6) is 0 Å². The highest BCUT2D eigenvalue weighted by atomic mass is 16.2. The van der Waals surface area contributed by atoms with Gasteiger partial charge in [0.15, 0.2) is 0 Å². The van der Waals surface area contributed by atoms with E-state index in [9.17, 15) is 14.4 Å². The van der Waals surface area contributed by atoms with Gasteiger partial charge in [-0.15, -0.1) is 0 Å². The number of carbonyl (C=O) groups is 3. The van der Waals surface area contributed by atoms with Crippen molar-refractivity contribution in [1.29, 1.82) is 0 Å². The Kier molecular flexibility index (Phi) is 4.09. The molecule has 6 heteroatoms. The van der Waals surface area contributed by atoms with E-state index in [-0.39, 0.29) is 28.1 Å². The van der Waals surface area contributed by atoms with Crippen molar-refractivity contribution < 1.29 is 14.4 Å². The summed E-state index contributed by atoms with van der Waals surface area (Å²) in [6.07, 6.45) is 2.89. The molecule has 3 amide bonds. The predicted octanol–water partition coefficient (Wildman–Crippen LogP) is 2.15. The van der Waals surface area contributed by atoms with Crippen molar-refractivity contribution in [2.75, 3.05) is 11.9 Å². The van der Waals surface area contributed by atoms with Crippen molar-refractivity contribution in [2.24, 2.45) is 16.6 Å². The van der Waals surface area contributed by atoms with Crippen LogP contribution in [0.1, 0.15) is 50.4 Å². The molecule has 1 aliphatic carbocycles. The van der Waals surface area contributed by atoms with Crippen LogP contribution in [0.4, 0.5) is 5.69 Å². The van der Waals surface area contributed by atoms with Crippen LogP contribution in [0.15, 0.2) is 24.3 Å². The molecule has 0 radical (unpaired) electrons. The van der Waals surface area contributed by atoms with Crippen molar-refractivity contribution in [3.8, 4) is 0 Å². The van der Waals surface area contributed by atoms with Gasteiger partial charge in [0.2, 0.25) is 0 Å². The lowest BCUT2D eigenvalue weighted by molar-refractivity contribution is -0.144. The molecule has 3 N–H and O–H groups in total. The smallest absolute Gasteiger partial charge is 0.313 e. The van der Waals surface area contributed by atoms with E-state index in [4.69, 9.17) is 5.73 Å². The quantitative estimate of drug-likeness (QED) is 0.806. The van der Waals surface area contributed by atoms with Gasteiger partial charge in [-0.2, -0.15) is 0 Å². The Bertz CT molecular complexity index is 743. The third-order valence-corrected chi connectivity index (χ3v) is 5.31. The molecule has 2 fully saturated rings. The highest BCUT2D eigenvalue weighted by Crippen LogP contribution is 2.52. The molecule has 25 heavy (non-hydrogen) atoms. The van der Waals surface area contributed by atoms with Crippen LogP contribution in [-0.4, -0.2) is 35.2 Å². The maximum absolute atomic E-state index is 12.7. The van der Waals surface area contributed by atoms with Crippen LogP contribution in [0.3, 0.4) is 0 Å². The minimum atomic E-state index is -0.720. The number of para-hydroxylation sites is 1. The number of primary amides is 1. The molecule has 0 aromatic heterocycles. The zero-order valence-electron chi connectivity index (χ0n) is 15.0. The minimum Gasteiger partial charge on any atom is -0.366 e. The lowest BCUT2D eigenvalue weighted by Crippen LogP contribution is -2.43. The van der Waals surface area contributed by atoms with Gasteiger partial charge >= 0.3 is 11.8 Å². The van der Waals surface area contributed by atoms with Gasteiger partial charge < -0.3 is 16.0 Å². The van der Waals surface area contributed by atoms with Crippen LogP contribution < -0.4 is 11.1 Å². The standard InChI is InChI=1S/C19H25N3O3/c1-18(2)8-12-9-19(3,10-18)11-22(12)17(25)16(24)21-14-7-5-4-6-13(14)15(20)23/h4-7,12H,8-11H2,1-3H3,(H2,20,23)(H,21,24). The van der Waals surface area contributed by atoms with Crippen molar-refractivity contribution in [1.82, 2.24) is 4.90 Å².